The van der Waals surface area contributed by atoms with Gasteiger partial charge in [0.25, 0.3) is 0 Å². The quantitative estimate of drug-likeness (QED) is 0.209. The Hall–Kier alpha value is -4.19. The van der Waals surface area contributed by atoms with Crippen LogP contribution in [0.5, 0.6) is 0 Å². The maximum absolute atomic E-state index is 13.2. The van der Waals surface area contributed by atoms with Gasteiger partial charge in [-0.25, -0.2) is 4.79 Å². The zero-order valence-corrected chi connectivity index (χ0v) is 22.7. The number of benzene rings is 4. The fourth-order valence-electron chi connectivity index (χ4n) is 5.67. The molecule has 0 aliphatic carbocycles. The molecule has 1 unspecified atom stereocenters. The topological polar surface area (TPSA) is 37.7 Å². The van der Waals surface area contributed by atoms with Crippen LogP contribution in [0.1, 0.15) is 15.9 Å². The Morgan fingerprint density at radius 1 is 0.675 bits per heavy atom. The Bertz CT molecular complexity index is 1530. The van der Waals surface area contributed by atoms with Gasteiger partial charge in [-0.2, -0.15) is 0 Å². The second-order valence-corrected chi connectivity index (χ2v) is 10.5. The average molecular weight is 530 g/mol. The number of rotatable bonds is 9. The molecule has 4 aromatic carbocycles. The van der Waals surface area contributed by atoms with E-state index in [2.05, 4.69) is 99.3 Å². The predicted molar refractivity (Wildman–Crippen MR) is 163 cm³/mol. The molecular weight excluding hydrogens is 494 g/mol. The van der Waals surface area contributed by atoms with E-state index in [1.54, 1.807) is 0 Å². The maximum atomic E-state index is 13.2. The summed E-state index contributed by atoms with van der Waals surface area (Å²) in [4.78, 5) is 18.1. The molecule has 0 bridgehead atoms. The first kappa shape index (κ1) is 26.1. The van der Waals surface area contributed by atoms with Gasteiger partial charge in [0.15, 0.2) is 0 Å². The third-order valence-electron chi connectivity index (χ3n) is 7.75. The number of carbonyl (C=O) groups is 1. The fourth-order valence-corrected chi connectivity index (χ4v) is 5.67. The molecule has 1 atom stereocenters. The molecule has 0 spiro atoms. The van der Waals surface area contributed by atoms with E-state index in [0.29, 0.717) is 18.7 Å². The molecular formula is C35H35N3O2. The third-order valence-corrected chi connectivity index (χ3v) is 7.75. The Labute approximate surface area is 235 Å². The van der Waals surface area contributed by atoms with E-state index in [1.807, 2.05) is 36.4 Å². The first-order chi connectivity index (χ1) is 19.7. The van der Waals surface area contributed by atoms with Gasteiger partial charge < -0.3 is 9.30 Å². The lowest BCUT2D eigenvalue weighted by Gasteiger charge is -2.36. The smallest absolute Gasteiger partial charge is 0.338 e. The van der Waals surface area contributed by atoms with Crippen molar-refractivity contribution in [1.82, 2.24) is 14.4 Å². The van der Waals surface area contributed by atoms with Gasteiger partial charge in [0.1, 0.15) is 6.10 Å². The van der Waals surface area contributed by atoms with E-state index in [9.17, 15) is 4.79 Å². The lowest BCUT2D eigenvalue weighted by Crippen LogP contribution is -2.49. The Balaban J connectivity index is 1.17. The zero-order chi connectivity index (χ0) is 27.1. The SMILES string of the molecule is O=C(OC(CN1CCN(C/C=C/c2ccccc2)CC1)Cn1c2ccccc2c2ccccc21)c1ccccc1. The minimum absolute atomic E-state index is 0.268. The molecule has 0 saturated carbocycles. The van der Waals surface area contributed by atoms with E-state index in [1.165, 1.54) is 27.4 Å². The summed E-state index contributed by atoms with van der Waals surface area (Å²) in [6.07, 6.45) is 4.16. The number of carbonyl (C=O) groups excluding carboxylic acids is 1. The van der Waals surface area contributed by atoms with Gasteiger partial charge in [-0.05, 0) is 29.8 Å². The number of ether oxygens (including phenoxy) is 1. The second-order valence-electron chi connectivity index (χ2n) is 10.5. The van der Waals surface area contributed by atoms with Gasteiger partial charge in [-0.15, -0.1) is 0 Å². The summed E-state index contributed by atoms with van der Waals surface area (Å²) in [5.74, 6) is -0.268. The lowest BCUT2D eigenvalue weighted by molar-refractivity contribution is 0.0106. The number of hydrogen-bond acceptors (Lipinski definition) is 4. The fraction of sp³-hybridized carbons (Fsp3) is 0.229. The molecule has 202 valence electrons. The van der Waals surface area contributed by atoms with Crippen molar-refractivity contribution in [3.8, 4) is 0 Å². The Morgan fingerprint density at radius 2 is 1.23 bits per heavy atom. The van der Waals surface area contributed by atoms with Gasteiger partial charge in [0, 0.05) is 61.1 Å². The molecule has 0 amide bonds. The van der Waals surface area contributed by atoms with Gasteiger partial charge in [-0.3, -0.25) is 9.80 Å². The predicted octanol–water partition coefficient (Wildman–Crippen LogP) is 6.35. The second kappa shape index (κ2) is 12.3. The number of para-hydroxylation sites is 2. The molecule has 1 aliphatic rings. The third kappa shape index (κ3) is 6.01. The molecule has 5 aromatic rings. The van der Waals surface area contributed by atoms with Crippen LogP contribution in [0.15, 0.2) is 115 Å². The van der Waals surface area contributed by atoms with Crippen molar-refractivity contribution in [3.05, 3.63) is 126 Å². The van der Waals surface area contributed by atoms with Gasteiger partial charge >= 0.3 is 5.97 Å². The van der Waals surface area contributed by atoms with E-state index in [0.717, 1.165) is 32.7 Å². The molecule has 5 nitrogen and oxygen atoms in total. The monoisotopic (exact) mass is 529 g/mol. The number of hydrogen-bond donors (Lipinski definition) is 0. The average Bonchev–Trinajstić information content (AvgIpc) is 3.32. The summed E-state index contributed by atoms with van der Waals surface area (Å²) in [7, 11) is 0. The van der Waals surface area contributed by atoms with E-state index in [-0.39, 0.29) is 12.1 Å². The molecule has 1 aliphatic heterocycles. The van der Waals surface area contributed by atoms with Crippen LogP contribution >= 0.6 is 0 Å². The van der Waals surface area contributed by atoms with Crippen molar-refractivity contribution < 1.29 is 9.53 Å². The Morgan fingerprint density at radius 3 is 1.88 bits per heavy atom. The first-order valence-corrected chi connectivity index (χ1v) is 14.1. The van der Waals surface area contributed by atoms with Crippen LogP contribution in [-0.4, -0.2) is 65.7 Å². The van der Waals surface area contributed by atoms with Crippen LogP contribution in [0.3, 0.4) is 0 Å². The van der Waals surface area contributed by atoms with Crippen molar-refractivity contribution in [2.45, 2.75) is 12.6 Å². The highest BCUT2D eigenvalue weighted by atomic mass is 16.5. The number of nitrogens with zero attached hydrogens (tertiary/aromatic N) is 3. The van der Waals surface area contributed by atoms with E-state index in [4.69, 9.17) is 4.74 Å². The highest BCUT2D eigenvalue weighted by Crippen LogP contribution is 2.29. The van der Waals surface area contributed by atoms with Crippen molar-refractivity contribution in [1.29, 1.82) is 0 Å². The van der Waals surface area contributed by atoms with Crippen molar-refractivity contribution in [3.63, 3.8) is 0 Å². The standard InChI is InChI=1S/C35H35N3O2/c39-35(29-15-5-2-6-16-29)40-30(27-38-33-19-9-7-17-31(33)32-18-8-10-20-34(32)38)26-37-24-22-36(23-25-37)21-11-14-28-12-3-1-4-13-28/h1-20,30H,21-27H2/b14-11+. The van der Waals surface area contributed by atoms with Crippen LogP contribution in [0, 0.1) is 0 Å². The summed E-state index contributed by atoms with van der Waals surface area (Å²) >= 11 is 0. The van der Waals surface area contributed by atoms with Crippen LogP contribution < -0.4 is 0 Å². The number of esters is 1. The molecule has 1 saturated heterocycles. The molecule has 40 heavy (non-hydrogen) atoms. The van der Waals surface area contributed by atoms with Gasteiger partial charge in [0.2, 0.25) is 0 Å². The van der Waals surface area contributed by atoms with E-state index >= 15 is 0 Å². The molecule has 1 aromatic heterocycles. The van der Waals surface area contributed by atoms with Crippen LogP contribution in [0.25, 0.3) is 27.9 Å². The molecule has 0 N–H and O–H groups in total. The summed E-state index contributed by atoms with van der Waals surface area (Å²) in [6.45, 7) is 6.13. The molecule has 5 heteroatoms. The summed E-state index contributed by atoms with van der Waals surface area (Å²) in [5.41, 5.74) is 4.15. The van der Waals surface area contributed by atoms with Crippen LogP contribution in [0.2, 0.25) is 0 Å². The van der Waals surface area contributed by atoms with Crippen molar-refractivity contribution in [2.75, 3.05) is 39.3 Å². The number of piperazine rings is 1. The highest BCUT2D eigenvalue weighted by molar-refractivity contribution is 6.08. The zero-order valence-electron chi connectivity index (χ0n) is 22.7. The lowest BCUT2D eigenvalue weighted by atomic mass is 10.2. The molecule has 1 fully saturated rings. The molecule has 2 heterocycles. The summed E-state index contributed by atoms with van der Waals surface area (Å²) in [5, 5.41) is 2.45. The van der Waals surface area contributed by atoms with Gasteiger partial charge in [0.05, 0.1) is 12.1 Å². The first-order valence-electron chi connectivity index (χ1n) is 14.1. The maximum Gasteiger partial charge on any atom is 0.338 e. The van der Waals surface area contributed by atoms with E-state index < -0.39 is 0 Å². The highest BCUT2D eigenvalue weighted by Gasteiger charge is 2.24. The van der Waals surface area contributed by atoms with Crippen LogP contribution in [0.4, 0.5) is 0 Å². The molecule has 6 rings (SSSR count). The summed E-state index contributed by atoms with van der Waals surface area (Å²) < 4.78 is 8.54. The Kier molecular flexibility index (Phi) is 8.03. The number of aromatic nitrogens is 1. The van der Waals surface area contributed by atoms with Crippen molar-refractivity contribution in [2.24, 2.45) is 0 Å². The minimum atomic E-state index is -0.281. The number of fused-ring (bicyclic) bond motifs is 3. The van der Waals surface area contributed by atoms with Crippen molar-refractivity contribution >= 4 is 33.9 Å². The largest absolute Gasteiger partial charge is 0.456 e. The van der Waals surface area contributed by atoms with Gasteiger partial charge in [-0.1, -0.05) is 97.1 Å². The molecule has 0 radical (unpaired) electrons. The van der Waals surface area contributed by atoms with Crippen LogP contribution in [-0.2, 0) is 11.3 Å². The normalized spacial score (nSPS) is 15.6. The minimum Gasteiger partial charge on any atom is -0.456 e. The summed E-state index contributed by atoms with van der Waals surface area (Å²) in [6, 6.07) is 36.7.